The Morgan fingerprint density at radius 1 is 1.38 bits per heavy atom. The van der Waals surface area contributed by atoms with Crippen LogP contribution >= 0.6 is 0 Å². The second kappa shape index (κ2) is 5.62. The van der Waals surface area contributed by atoms with Crippen molar-refractivity contribution in [2.75, 3.05) is 7.05 Å². The molecule has 0 aliphatic heterocycles. The third kappa shape index (κ3) is 3.44. The van der Waals surface area contributed by atoms with Gasteiger partial charge in [-0.1, -0.05) is 13.8 Å². The molecule has 0 atom stereocenters. The van der Waals surface area contributed by atoms with Crippen molar-refractivity contribution >= 4 is 10.2 Å². The number of nitrogens with one attached hydrogen (secondary N) is 1. The smallest absolute Gasteiger partial charge is 0.196 e. The molecule has 94 valence electrons. The number of hydrogen-bond acceptors (Lipinski definition) is 3. The van der Waals surface area contributed by atoms with Gasteiger partial charge >= 0.3 is 0 Å². The van der Waals surface area contributed by atoms with E-state index >= 15 is 0 Å². The van der Waals surface area contributed by atoms with Crippen LogP contribution in [-0.2, 0) is 10.2 Å². The standard InChI is InChI=1S/C10H21N3O2S/c1-6-10(7-2,8-11)12-16(14,15)13(5)9(3)4/h9,12H,6-7H2,1-5H3. The summed E-state index contributed by atoms with van der Waals surface area (Å²) in [6.07, 6.45) is 0.899. The summed E-state index contributed by atoms with van der Waals surface area (Å²) in [5.74, 6) is 0. The van der Waals surface area contributed by atoms with Gasteiger partial charge in [0.25, 0.3) is 10.2 Å². The fourth-order valence-electron chi connectivity index (χ4n) is 1.17. The van der Waals surface area contributed by atoms with E-state index in [0.29, 0.717) is 12.8 Å². The van der Waals surface area contributed by atoms with Gasteiger partial charge in [-0.05, 0) is 26.7 Å². The van der Waals surface area contributed by atoms with Gasteiger partial charge in [0.1, 0.15) is 5.54 Å². The number of nitriles is 1. The summed E-state index contributed by atoms with van der Waals surface area (Å²) in [7, 11) is -2.09. The highest BCUT2D eigenvalue weighted by molar-refractivity contribution is 7.87. The Bertz CT molecular complexity index is 353. The molecule has 1 N–H and O–H groups in total. The maximum Gasteiger partial charge on any atom is 0.280 e. The molecule has 0 heterocycles. The molecule has 0 fully saturated rings. The molecule has 0 aromatic carbocycles. The Morgan fingerprint density at radius 2 is 1.81 bits per heavy atom. The van der Waals surface area contributed by atoms with Crippen LogP contribution in [0.4, 0.5) is 0 Å². The number of hydrogen-bond donors (Lipinski definition) is 1. The van der Waals surface area contributed by atoms with Crippen molar-refractivity contribution in [1.82, 2.24) is 9.03 Å². The molecule has 0 saturated carbocycles. The van der Waals surface area contributed by atoms with E-state index in [9.17, 15) is 8.42 Å². The molecule has 0 aromatic heterocycles. The Hall–Kier alpha value is -0.640. The van der Waals surface area contributed by atoms with Crippen LogP contribution in [0.15, 0.2) is 0 Å². The van der Waals surface area contributed by atoms with Crippen LogP contribution in [0, 0.1) is 11.3 Å². The van der Waals surface area contributed by atoms with Crippen LogP contribution in [0.25, 0.3) is 0 Å². The van der Waals surface area contributed by atoms with Gasteiger partial charge in [0, 0.05) is 13.1 Å². The Labute approximate surface area is 98.6 Å². The molecule has 0 aliphatic rings. The van der Waals surface area contributed by atoms with Crippen molar-refractivity contribution in [2.45, 2.75) is 52.1 Å². The molecule has 0 amide bonds. The lowest BCUT2D eigenvalue weighted by Crippen LogP contribution is -2.52. The van der Waals surface area contributed by atoms with Gasteiger partial charge < -0.3 is 0 Å². The Balaban J connectivity index is 5.04. The van der Waals surface area contributed by atoms with E-state index < -0.39 is 15.7 Å². The predicted octanol–water partition coefficient (Wildman–Crippen LogP) is 1.24. The largest absolute Gasteiger partial charge is 0.280 e. The van der Waals surface area contributed by atoms with Gasteiger partial charge in [0.15, 0.2) is 0 Å². The molecule has 5 nitrogen and oxygen atoms in total. The van der Waals surface area contributed by atoms with Gasteiger partial charge in [-0.3, -0.25) is 0 Å². The van der Waals surface area contributed by atoms with E-state index in [-0.39, 0.29) is 6.04 Å². The maximum absolute atomic E-state index is 11.9. The Kier molecular flexibility index (Phi) is 5.39. The first-order valence-electron chi connectivity index (χ1n) is 5.43. The zero-order chi connectivity index (χ0) is 13.0. The van der Waals surface area contributed by atoms with Crippen molar-refractivity contribution in [3.05, 3.63) is 0 Å². The lowest BCUT2D eigenvalue weighted by atomic mass is 9.97. The third-order valence-corrected chi connectivity index (χ3v) is 4.68. The molecule has 0 bridgehead atoms. The quantitative estimate of drug-likeness (QED) is 0.767. The predicted molar refractivity (Wildman–Crippen MR) is 63.9 cm³/mol. The summed E-state index contributed by atoms with van der Waals surface area (Å²) >= 11 is 0. The summed E-state index contributed by atoms with van der Waals surface area (Å²) in [4.78, 5) is 0. The molecule has 0 saturated heterocycles. The normalized spacial score (nSPS) is 13.1. The maximum atomic E-state index is 11.9. The van der Waals surface area contributed by atoms with Gasteiger partial charge in [0.2, 0.25) is 0 Å². The van der Waals surface area contributed by atoms with Crippen LogP contribution < -0.4 is 4.72 Å². The fraction of sp³-hybridized carbons (Fsp3) is 0.900. The minimum Gasteiger partial charge on any atom is -0.196 e. The third-order valence-electron chi connectivity index (χ3n) is 2.85. The second-order valence-corrected chi connectivity index (χ2v) is 5.85. The molecule has 6 heteroatoms. The van der Waals surface area contributed by atoms with Crippen molar-refractivity contribution in [3.8, 4) is 6.07 Å². The minimum atomic E-state index is -3.59. The van der Waals surface area contributed by atoms with Crippen molar-refractivity contribution < 1.29 is 8.42 Å². The molecule has 0 unspecified atom stereocenters. The van der Waals surface area contributed by atoms with Crippen LogP contribution in [0.5, 0.6) is 0 Å². The highest BCUT2D eigenvalue weighted by atomic mass is 32.2. The highest BCUT2D eigenvalue weighted by Crippen LogP contribution is 2.16. The van der Waals surface area contributed by atoms with Gasteiger partial charge in [0.05, 0.1) is 6.07 Å². The van der Waals surface area contributed by atoms with Gasteiger partial charge in [-0.25, -0.2) is 0 Å². The lowest BCUT2D eigenvalue weighted by molar-refractivity contribution is 0.374. The average molecular weight is 247 g/mol. The molecule has 0 rings (SSSR count). The van der Waals surface area contributed by atoms with Crippen molar-refractivity contribution in [3.63, 3.8) is 0 Å². The van der Waals surface area contributed by atoms with E-state index in [0.717, 1.165) is 0 Å². The molecule has 0 radical (unpaired) electrons. The zero-order valence-electron chi connectivity index (χ0n) is 10.6. The zero-order valence-corrected chi connectivity index (χ0v) is 11.4. The van der Waals surface area contributed by atoms with Crippen molar-refractivity contribution in [1.29, 1.82) is 5.26 Å². The number of rotatable bonds is 6. The van der Waals surface area contributed by atoms with Crippen LogP contribution in [0.3, 0.4) is 0 Å². The van der Waals surface area contributed by atoms with E-state index in [2.05, 4.69) is 4.72 Å². The van der Waals surface area contributed by atoms with E-state index in [1.165, 1.54) is 11.4 Å². The van der Waals surface area contributed by atoms with E-state index in [1.54, 1.807) is 27.7 Å². The summed E-state index contributed by atoms with van der Waals surface area (Å²) in [6, 6.07) is 1.91. The van der Waals surface area contributed by atoms with Crippen molar-refractivity contribution in [2.24, 2.45) is 0 Å². The van der Waals surface area contributed by atoms with Gasteiger partial charge in [-0.15, -0.1) is 0 Å². The monoisotopic (exact) mass is 247 g/mol. The summed E-state index contributed by atoms with van der Waals surface area (Å²) in [5, 5.41) is 9.06. The average Bonchev–Trinajstić information content (AvgIpc) is 2.24. The SMILES string of the molecule is CCC(C#N)(CC)NS(=O)(=O)N(C)C(C)C. The topological polar surface area (TPSA) is 73.2 Å². The van der Waals surface area contributed by atoms with E-state index in [1.807, 2.05) is 6.07 Å². The summed E-state index contributed by atoms with van der Waals surface area (Å²) in [5.41, 5.74) is -0.998. The molecule has 0 aliphatic carbocycles. The first-order chi connectivity index (χ1) is 7.24. The first kappa shape index (κ1) is 15.4. The molecule has 16 heavy (non-hydrogen) atoms. The highest BCUT2D eigenvalue weighted by Gasteiger charge is 2.33. The molecule has 0 aromatic rings. The fourth-order valence-corrected chi connectivity index (χ4v) is 2.70. The molecular weight excluding hydrogens is 226 g/mol. The second-order valence-electron chi connectivity index (χ2n) is 4.12. The summed E-state index contributed by atoms with van der Waals surface area (Å²) in [6.45, 7) is 7.16. The summed E-state index contributed by atoms with van der Waals surface area (Å²) < 4.78 is 27.6. The van der Waals surface area contributed by atoms with Gasteiger partial charge in [-0.2, -0.15) is 22.7 Å². The van der Waals surface area contributed by atoms with Crippen LogP contribution in [0.1, 0.15) is 40.5 Å². The minimum absolute atomic E-state index is 0.136. The molecular formula is C10H21N3O2S. The number of nitrogens with zero attached hydrogens (tertiary/aromatic N) is 2. The Morgan fingerprint density at radius 3 is 2.06 bits per heavy atom. The lowest BCUT2D eigenvalue weighted by Gasteiger charge is -2.29. The first-order valence-corrected chi connectivity index (χ1v) is 6.87. The molecule has 0 spiro atoms. The van der Waals surface area contributed by atoms with Crippen LogP contribution in [0.2, 0.25) is 0 Å². The van der Waals surface area contributed by atoms with E-state index in [4.69, 9.17) is 5.26 Å². The van der Waals surface area contributed by atoms with Crippen LogP contribution in [-0.4, -0.2) is 31.4 Å².